The number of hydrogen-bond acceptors (Lipinski definition) is 2. The third-order valence-electron chi connectivity index (χ3n) is 4.24. The summed E-state index contributed by atoms with van der Waals surface area (Å²) in [6.07, 6.45) is 3.54. The first-order chi connectivity index (χ1) is 12.0. The topological polar surface area (TPSA) is 62.0 Å². The lowest BCUT2D eigenvalue weighted by Crippen LogP contribution is -2.26. The second-order valence-electron chi connectivity index (χ2n) is 6.75. The Morgan fingerprint density at radius 1 is 1.04 bits per heavy atom. The summed E-state index contributed by atoms with van der Waals surface area (Å²) in [5, 5.41) is 1.14. The van der Waals surface area contributed by atoms with Gasteiger partial charge in [-0.2, -0.15) is 0 Å². The van der Waals surface area contributed by atoms with Gasteiger partial charge >= 0.3 is 0 Å². The minimum Gasteiger partial charge on any atom is -0.361 e. The maximum atomic E-state index is 12.4. The lowest BCUT2D eigenvalue weighted by Gasteiger charge is -2.09. The summed E-state index contributed by atoms with van der Waals surface area (Å²) in [5.74, 6) is 0.553. The minimum atomic E-state index is -3.47. The summed E-state index contributed by atoms with van der Waals surface area (Å²) in [7, 11) is -3.47. The lowest BCUT2D eigenvalue weighted by molar-refractivity contribution is 0.581. The summed E-state index contributed by atoms with van der Waals surface area (Å²) in [6, 6.07) is 15.2. The Labute approximate surface area is 149 Å². The van der Waals surface area contributed by atoms with Crippen molar-refractivity contribution in [1.29, 1.82) is 0 Å². The molecule has 1 heterocycles. The van der Waals surface area contributed by atoms with Gasteiger partial charge in [0, 0.05) is 23.6 Å². The summed E-state index contributed by atoms with van der Waals surface area (Å²) in [5.41, 5.74) is 3.35. The van der Waals surface area contributed by atoms with Crippen LogP contribution < -0.4 is 4.72 Å². The van der Waals surface area contributed by atoms with Crippen molar-refractivity contribution >= 4 is 20.9 Å². The van der Waals surface area contributed by atoms with Crippen molar-refractivity contribution in [1.82, 2.24) is 9.71 Å². The Morgan fingerprint density at radius 3 is 2.48 bits per heavy atom. The molecule has 0 saturated carbocycles. The molecule has 0 spiro atoms. The average molecular weight is 356 g/mol. The number of benzene rings is 2. The fourth-order valence-corrected chi connectivity index (χ4v) is 4.05. The number of fused-ring (bicyclic) bond motifs is 1. The third kappa shape index (κ3) is 4.30. The number of aromatic nitrogens is 1. The fourth-order valence-electron chi connectivity index (χ4n) is 3.02. The second-order valence-corrected chi connectivity index (χ2v) is 8.52. The van der Waals surface area contributed by atoms with E-state index in [1.54, 1.807) is 12.1 Å². The van der Waals surface area contributed by atoms with Crippen LogP contribution in [-0.2, 0) is 22.9 Å². The molecule has 0 unspecified atom stereocenters. The molecule has 3 aromatic rings. The minimum absolute atomic E-state index is 0.318. The molecule has 0 amide bonds. The van der Waals surface area contributed by atoms with Crippen molar-refractivity contribution in [2.75, 3.05) is 6.54 Å². The van der Waals surface area contributed by atoms with Crippen LogP contribution in [0, 0.1) is 5.92 Å². The Balaban J connectivity index is 1.63. The van der Waals surface area contributed by atoms with Gasteiger partial charge in [0.25, 0.3) is 0 Å². The van der Waals surface area contributed by atoms with E-state index >= 15 is 0 Å². The van der Waals surface area contributed by atoms with E-state index < -0.39 is 10.0 Å². The molecule has 2 aromatic carbocycles. The van der Waals surface area contributed by atoms with Crippen LogP contribution in [0.2, 0.25) is 0 Å². The number of H-pyrrole nitrogens is 1. The van der Waals surface area contributed by atoms with Crippen LogP contribution in [0.25, 0.3) is 10.9 Å². The number of nitrogens with one attached hydrogen (secondary N) is 2. The van der Waals surface area contributed by atoms with E-state index in [0.29, 0.717) is 23.8 Å². The predicted octanol–water partition coefficient (Wildman–Crippen LogP) is 3.89. The van der Waals surface area contributed by atoms with Crippen molar-refractivity contribution in [2.24, 2.45) is 5.92 Å². The summed E-state index contributed by atoms with van der Waals surface area (Å²) < 4.78 is 27.6. The van der Waals surface area contributed by atoms with Crippen LogP contribution in [0.3, 0.4) is 0 Å². The number of rotatable bonds is 7. The number of sulfonamides is 1. The zero-order valence-electron chi connectivity index (χ0n) is 14.6. The van der Waals surface area contributed by atoms with E-state index in [0.717, 1.165) is 28.5 Å². The maximum Gasteiger partial charge on any atom is 0.240 e. The largest absolute Gasteiger partial charge is 0.361 e. The predicted molar refractivity (Wildman–Crippen MR) is 102 cm³/mol. The molecule has 5 heteroatoms. The Bertz CT molecular complexity index is 941. The quantitative estimate of drug-likeness (QED) is 0.675. The molecule has 25 heavy (non-hydrogen) atoms. The second kappa shape index (κ2) is 7.42. The van der Waals surface area contributed by atoms with E-state index in [-0.39, 0.29) is 0 Å². The first-order valence-electron chi connectivity index (χ1n) is 8.59. The van der Waals surface area contributed by atoms with Crippen LogP contribution in [0.5, 0.6) is 0 Å². The molecule has 2 N–H and O–H groups in total. The first kappa shape index (κ1) is 17.7. The molecule has 0 fully saturated rings. The zero-order chi connectivity index (χ0) is 17.9. The van der Waals surface area contributed by atoms with Gasteiger partial charge in [0.1, 0.15) is 0 Å². The molecular weight excluding hydrogens is 332 g/mol. The van der Waals surface area contributed by atoms with Gasteiger partial charge in [0.15, 0.2) is 0 Å². The van der Waals surface area contributed by atoms with Gasteiger partial charge < -0.3 is 4.98 Å². The molecule has 3 rings (SSSR count). The zero-order valence-corrected chi connectivity index (χ0v) is 15.4. The van der Waals surface area contributed by atoms with Gasteiger partial charge in [0.05, 0.1) is 4.90 Å². The van der Waals surface area contributed by atoms with Gasteiger partial charge in [0.2, 0.25) is 10.0 Å². The van der Waals surface area contributed by atoms with Crippen LogP contribution in [0.15, 0.2) is 59.6 Å². The van der Waals surface area contributed by atoms with Crippen LogP contribution in [0.4, 0.5) is 0 Å². The van der Waals surface area contributed by atoms with Crippen LogP contribution >= 0.6 is 0 Å². The Kier molecular flexibility index (Phi) is 5.25. The molecular formula is C20H24N2O2S. The number of hydrogen-bond donors (Lipinski definition) is 2. The summed E-state index contributed by atoms with van der Waals surface area (Å²) >= 11 is 0. The normalized spacial score (nSPS) is 12.1. The highest BCUT2D eigenvalue weighted by Gasteiger charge is 2.14. The van der Waals surface area contributed by atoms with E-state index in [4.69, 9.17) is 0 Å². The number of aromatic amines is 1. The molecule has 0 aliphatic heterocycles. The van der Waals surface area contributed by atoms with Crippen molar-refractivity contribution in [2.45, 2.75) is 31.6 Å². The molecule has 0 aliphatic carbocycles. The molecule has 0 aliphatic rings. The van der Waals surface area contributed by atoms with Crippen molar-refractivity contribution in [3.05, 3.63) is 65.9 Å². The standard InChI is InChI=1S/C20H24N2O2S/c1-15(2)13-16-7-9-18(10-8-16)25(23,24)22-12-11-17-14-21-20-6-4-3-5-19(17)20/h3-10,14-15,21-22H,11-13H2,1-2H3. The van der Waals surface area contributed by atoms with Gasteiger partial charge in [-0.15, -0.1) is 0 Å². The smallest absolute Gasteiger partial charge is 0.240 e. The lowest BCUT2D eigenvalue weighted by atomic mass is 10.0. The molecule has 0 radical (unpaired) electrons. The molecule has 0 saturated heterocycles. The Morgan fingerprint density at radius 2 is 1.76 bits per heavy atom. The van der Waals surface area contributed by atoms with Crippen molar-refractivity contribution in [3.8, 4) is 0 Å². The van der Waals surface area contributed by atoms with E-state index in [1.165, 1.54) is 0 Å². The highest BCUT2D eigenvalue weighted by atomic mass is 32.2. The summed E-state index contributed by atoms with van der Waals surface area (Å²) in [6.45, 7) is 4.67. The molecule has 4 nitrogen and oxygen atoms in total. The van der Waals surface area contributed by atoms with Crippen LogP contribution in [-0.4, -0.2) is 19.9 Å². The van der Waals surface area contributed by atoms with Gasteiger partial charge in [-0.1, -0.05) is 44.2 Å². The monoisotopic (exact) mass is 356 g/mol. The maximum absolute atomic E-state index is 12.4. The third-order valence-corrected chi connectivity index (χ3v) is 5.72. The van der Waals surface area contributed by atoms with Crippen molar-refractivity contribution in [3.63, 3.8) is 0 Å². The fraction of sp³-hybridized carbons (Fsp3) is 0.300. The molecule has 0 bridgehead atoms. The molecule has 0 atom stereocenters. The van der Waals surface area contributed by atoms with E-state index in [1.807, 2.05) is 42.6 Å². The van der Waals surface area contributed by atoms with E-state index in [2.05, 4.69) is 23.6 Å². The average Bonchev–Trinajstić information content (AvgIpc) is 2.98. The van der Waals surface area contributed by atoms with Crippen LogP contribution in [0.1, 0.15) is 25.0 Å². The van der Waals surface area contributed by atoms with Crippen molar-refractivity contribution < 1.29 is 8.42 Å². The molecule has 1 aromatic heterocycles. The van der Waals surface area contributed by atoms with Gasteiger partial charge in [-0.3, -0.25) is 0 Å². The highest BCUT2D eigenvalue weighted by molar-refractivity contribution is 7.89. The van der Waals surface area contributed by atoms with Gasteiger partial charge in [-0.25, -0.2) is 13.1 Å². The number of para-hydroxylation sites is 1. The highest BCUT2D eigenvalue weighted by Crippen LogP contribution is 2.18. The Hall–Kier alpha value is -2.11. The van der Waals surface area contributed by atoms with E-state index in [9.17, 15) is 8.42 Å². The van der Waals surface area contributed by atoms with Gasteiger partial charge in [-0.05, 0) is 48.1 Å². The SMILES string of the molecule is CC(C)Cc1ccc(S(=O)(=O)NCCc2c[nH]c3ccccc23)cc1. The molecule has 132 valence electrons. The summed E-state index contributed by atoms with van der Waals surface area (Å²) in [4.78, 5) is 3.53. The first-order valence-corrected chi connectivity index (χ1v) is 10.1.